The van der Waals surface area contributed by atoms with Gasteiger partial charge in [0.2, 0.25) is 10.0 Å². The predicted octanol–water partition coefficient (Wildman–Crippen LogP) is 3.30. The summed E-state index contributed by atoms with van der Waals surface area (Å²) in [6.45, 7) is 2.35. The number of hydrogen-bond acceptors (Lipinski definition) is 2. The zero-order chi connectivity index (χ0) is 15.5. The van der Waals surface area contributed by atoms with Crippen LogP contribution in [-0.2, 0) is 10.0 Å². The lowest BCUT2D eigenvalue weighted by molar-refractivity contribution is 0.144. The standard InChI is InChI=1S/C18H25NO2S/c1-18-9-2-3-17(18)16-6-4-12-11-13(22(19,20)21)5-7-14(12)15(16)8-10-18/h2-3,6,9,12-15H,4-5,7-8,10-11H2,1H3,(H2,19,20,21)/t12?,13?,14-,15+,18-/m0/s1. The van der Waals surface area contributed by atoms with Gasteiger partial charge in [-0.25, -0.2) is 13.6 Å². The lowest BCUT2D eigenvalue weighted by atomic mass is 9.57. The fraction of sp³-hybridized carbons (Fsp3) is 0.667. The Kier molecular flexibility index (Phi) is 3.22. The van der Waals surface area contributed by atoms with Crippen molar-refractivity contribution in [3.8, 4) is 0 Å². The van der Waals surface area contributed by atoms with E-state index in [1.54, 1.807) is 5.57 Å². The molecule has 2 unspecified atom stereocenters. The molecule has 0 heterocycles. The minimum Gasteiger partial charge on any atom is -0.228 e. The average Bonchev–Trinajstić information content (AvgIpc) is 2.87. The molecule has 4 aliphatic carbocycles. The molecule has 4 rings (SSSR count). The Hall–Kier alpha value is -0.870. The van der Waals surface area contributed by atoms with Gasteiger partial charge in [-0.3, -0.25) is 0 Å². The van der Waals surface area contributed by atoms with Crippen LogP contribution >= 0.6 is 0 Å². The highest BCUT2D eigenvalue weighted by Crippen LogP contribution is 2.57. The van der Waals surface area contributed by atoms with E-state index in [-0.39, 0.29) is 10.7 Å². The SMILES string of the molecule is C[C@@]12C=CC=C1C1=CCC3CC(S(N)(=O)=O)CC[C@@H]3[C@H]1CC2. The lowest BCUT2D eigenvalue weighted by Crippen LogP contribution is -2.42. The van der Waals surface area contributed by atoms with Crippen molar-refractivity contribution in [3.63, 3.8) is 0 Å². The van der Waals surface area contributed by atoms with Gasteiger partial charge in [-0.2, -0.15) is 0 Å². The second-order valence-electron chi connectivity index (χ2n) is 7.85. The molecular weight excluding hydrogens is 294 g/mol. The zero-order valence-electron chi connectivity index (χ0n) is 13.2. The van der Waals surface area contributed by atoms with Crippen LogP contribution in [-0.4, -0.2) is 13.7 Å². The number of fused-ring (bicyclic) bond motifs is 5. The van der Waals surface area contributed by atoms with Crippen molar-refractivity contribution >= 4 is 10.0 Å². The summed E-state index contributed by atoms with van der Waals surface area (Å²) >= 11 is 0. The molecule has 0 amide bonds. The van der Waals surface area contributed by atoms with Gasteiger partial charge in [0.25, 0.3) is 0 Å². The van der Waals surface area contributed by atoms with Crippen molar-refractivity contribution < 1.29 is 8.42 Å². The van der Waals surface area contributed by atoms with Crippen molar-refractivity contribution in [1.29, 1.82) is 0 Å². The first kappa shape index (κ1) is 14.7. The van der Waals surface area contributed by atoms with Crippen LogP contribution in [0.4, 0.5) is 0 Å². The Balaban J connectivity index is 1.61. The molecule has 0 radical (unpaired) electrons. The fourth-order valence-electron chi connectivity index (χ4n) is 5.42. The van der Waals surface area contributed by atoms with Gasteiger partial charge in [0.05, 0.1) is 5.25 Å². The second kappa shape index (κ2) is 4.81. The number of sulfonamides is 1. The van der Waals surface area contributed by atoms with E-state index in [4.69, 9.17) is 5.14 Å². The van der Waals surface area contributed by atoms with Gasteiger partial charge in [0, 0.05) is 5.41 Å². The maximum absolute atomic E-state index is 11.7. The van der Waals surface area contributed by atoms with Gasteiger partial charge in [0.1, 0.15) is 0 Å². The minimum atomic E-state index is -3.37. The molecular formula is C18H25NO2S. The van der Waals surface area contributed by atoms with Crippen LogP contribution in [0.25, 0.3) is 0 Å². The molecule has 2 N–H and O–H groups in total. The molecule has 120 valence electrons. The van der Waals surface area contributed by atoms with Crippen LogP contribution in [0.3, 0.4) is 0 Å². The van der Waals surface area contributed by atoms with Crippen molar-refractivity contribution in [2.24, 2.45) is 28.3 Å². The van der Waals surface area contributed by atoms with E-state index in [9.17, 15) is 8.42 Å². The fourth-order valence-corrected chi connectivity index (χ4v) is 6.40. The lowest BCUT2D eigenvalue weighted by Gasteiger charge is -2.49. The van der Waals surface area contributed by atoms with E-state index in [1.165, 1.54) is 18.4 Å². The summed E-state index contributed by atoms with van der Waals surface area (Å²) in [5, 5.41) is 5.08. The number of nitrogens with two attached hydrogens (primary N) is 1. The third-order valence-corrected chi connectivity index (χ3v) is 8.00. The quantitative estimate of drug-likeness (QED) is 0.806. The first-order chi connectivity index (χ1) is 10.4. The molecule has 0 saturated heterocycles. The molecule has 2 saturated carbocycles. The highest BCUT2D eigenvalue weighted by molar-refractivity contribution is 7.89. The maximum atomic E-state index is 11.7. The van der Waals surface area contributed by atoms with E-state index in [1.807, 2.05) is 0 Å². The molecule has 0 aliphatic heterocycles. The van der Waals surface area contributed by atoms with Crippen molar-refractivity contribution in [2.75, 3.05) is 0 Å². The normalized spacial score (nSPS) is 43.7. The van der Waals surface area contributed by atoms with Crippen LogP contribution in [0, 0.1) is 23.2 Å². The van der Waals surface area contributed by atoms with Gasteiger partial charge in [-0.1, -0.05) is 31.2 Å². The van der Waals surface area contributed by atoms with Gasteiger partial charge in [-0.05, 0) is 67.4 Å². The van der Waals surface area contributed by atoms with Crippen molar-refractivity contribution in [1.82, 2.24) is 0 Å². The molecule has 5 atom stereocenters. The summed E-state index contributed by atoms with van der Waals surface area (Å²) in [5.41, 5.74) is 3.33. The molecule has 4 heteroatoms. The maximum Gasteiger partial charge on any atom is 0.211 e. The summed E-state index contributed by atoms with van der Waals surface area (Å²) in [6, 6.07) is 0. The average molecular weight is 319 g/mol. The first-order valence-electron chi connectivity index (χ1n) is 8.50. The summed E-state index contributed by atoms with van der Waals surface area (Å²) in [5.74, 6) is 1.80. The summed E-state index contributed by atoms with van der Waals surface area (Å²) in [7, 11) is -3.37. The van der Waals surface area contributed by atoms with Crippen LogP contribution in [0.15, 0.2) is 35.5 Å². The highest BCUT2D eigenvalue weighted by atomic mass is 32.2. The molecule has 3 nitrogen and oxygen atoms in total. The van der Waals surface area contributed by atoms with Crippen molar-refractivity contribution in [2.45, 2.75) is 50.7 Å². The summed E-state index contributed by atoms with van der Waals surface area (Å²) in [4.78, 5) is 0. The molecule has 2 fully saturated rings. The number of allylic oxidation sites excluding steroid dienone is 6. The number of primary sulfonamides is 1. The highest BCUT2D eigenvalue weighted by Gasteiger charge is 2.47. The third-order valence-electron chi connectivity index (χ3n) is 6.64. The second-order valence-corrected chi connectivity index (χ2v) is 9.69. The smallest absolute Gasteiger partial charge is 0.211 e. The summed E-state index contributed by atoms with van der Waals surface area (Å²) in [6.07, 6.45) is 15.3. The number of rotatable bonds is 1. The Morgan fingerprint density at radius 2 is 2.09 bits per heavy atom. The first-order valence-corrected chi connectivity index (χ1v) is 10.1. The van der Waals surface area contributed by atoms with Crippen LogP contribution < -0.4 is 5.14 Å². The van der Waals surface area contributed by atoms with E-state index >= 15 is 0 Å². The predicted molar refractivity (Wildman–Crippen MR) is 88.5 cm³/mol. The van der Waals surface area contributed by atoms with Crippen LogP contribution in [0.1, 0.15) is 45.4 Å². The molecule has 22 heavy (non-hydrogen) atoms. The topological polar surface area (TPSA) is 60.2 Å². The molecule has 0 aromatic heterocycles. The zero-order valence-corrected chi connectivity index (χ0v) is 14.0. The third kappa shape index (κ3) is 2.15. The van der Waals surface area contributed by atoms with E-state index in [0.717, 1.165) is 25.7 Å². The molecule has 0 aromatic rings. The van der Waals surface area contributed by atoms with Gasteiger partial charge in [-0.15, -0.1) is 0 Å². The Morgan fingerprint density at radius 3 is 2.86 bits per heavy atom. The van der Waals surface area contributed by atoms with Gasteiger partial charge < -0.3 is 0 Å². The van der Waals surface area contributed by atoms with E-state index < -0.39 is 10.0 Å². The molecule has 4 aliphatic rings. The molecule has 0 spiro atoms. The number of hydrogen-bond donors (Lipinski definition) is 1. The monoisotopic (exact) mass is 319 g/mol. The van der Waals surface area contributed by atoms with E-state index in [0.29, 0.717) is 17.8 Å². The largest absolute Gasteiger partial charge is 0.228 e. The van der Waals surface area contributed by atoms with Crippen LogP contribution in [0.5, 0.6) is 0 Å². The summed E-state index contributed by atoms with van der Waals surface area (Å²) < 4.78 is 23.4. The molecule has 0 bridgehead atoms. The Morgan fingerprint density at radius 1 is 1.27 bits per heavy atom. The van der Waals surface area contributed by atoms with E-state index in [2.05, 4.69) is 31.2 Å². The minimum absolute atomic E-state index is 0.243. The van der Waals surface area contributed by atoms with Crippen LogP contribution in [0.2, 0.25) is 0 Å². The van der Waals surface area contributed by atoms with Crippen molar-refractivity contribution in [3.05, 3.63) is 35.5 Å². The Bertz CT molecular complexity index is 688. The van der Waals surface area contributed by atoms with Gasteiger partial charge in [0.15, 0.2) is 0 Å². The van der Waals surface area contributed by atoms with Gasteiger partial charge >= 0.3 is 0 Å². The Labute approximate surface area is 133 Å². The molecule has 0 aromatic carbocycles.